The molecule has 0 radical (unpaired) electrons. The number of carbonyl (C=O) groups excluding carboxylic acids is 5. The van der Waals surface area contributed by atoms with E-state index >= 15 is 0 Å². The number of amides is 3. The summed E-state index contributed by atoms with van der Waals surface area (Å²) in [5.41, 5.74) is 1.59. The van der Waals surface area contributed by atoms with Gasteiger partial charge < -0.3 is 20.3 Å². The van der Waals surface area contributed by atoms with Gasteiger partial charge in [-0.1, -0.05) is 109 Å². The van der Waals surface area contributed by atoms with Crippen LogP contribution in [0.1, 0.15) is 103 Å². The molecule has 0 spiro atoms. The molecule has 0 saturated carbocycles. The minimum atomic E-state index is -0.983. The number of ketones is 1. The van der Waals surface area contributed by atoms with Crippen molar-refractivity contribution in [1.29, 1.82) is 0 Å². The Hall–Kier alpha value is -4.31. The molecule has 3 rings (SSSR count). The fraction of sp³-hybridized carbons (Fsp3) is 0.548. The van der Waals surface area contributed by atoms with E-state index < -0.39 is 35.4 Å². The van der Waals surface area contributed by atoms with E-state index in [0.717, 1.165) is 37.8 Å². The average Bonchev–Trinajstić information content (AvgIpc) is 3.13. The van der Waals surface area contributed by atoms with Crippen LogP contribution in [0.25, 0.3) is 0 Å². The van der Waals surface area contributed by atoms with Gasteiger partial charge >= 0.3 is 5.97 Å². The van der Waals surface area contributed by atoms with Gasteiger partial charge in [0.1, 0.15) is 12.1 Å². The van der Waals surface area contributed by atoms with E-state index in [1.807, 2.05) is 52.8 Å². The third kappa shape index (κ3) is 11.1. The van der Waals surface area contributed by atoms with Crippen LogP contribution in [-0.4, -0.2) is 90.2 Å². The normalized spacial score (nSPS) is 17.8. The number of nitrogens with one attached hydrogen (secondary N) is 2. The highest BCUT2D eigenvalue weighted by molar-refractivity contribution is 6.09. The van der Waals surface area contributed by atoms with Crippen LogP contribution in [0.4, 0.5) is 0 Å². The van der Waals surface area contributed by atoms with Crippen LogP contribution >= 0.6 is 0 Å². The monoisotopic (exact) mass is 716 g/mol. The molecule has 1 heterocycles. The van der Waals surface area contributed by atoms with Crippen molar-refractivity contribution in [3.8, 4) is 0 Å². The molecule has 1 aliphatic rings. The number of hydrogen-bond acceptors (Lipinski definition) is 7. The van der Waals surface area contributed by atoms with Gasteiger partial charge in [-0.3, -0.25) is 24.1 Å². The summed E-state index contributed by atoms with van der Waals surface area (Å²) in [6.45, 7) is 16.5. The second-order valence-electron chi connectivity index (χ2n) is 15.5. The smallest absolute Gasteiger partial charge is 0.328 e. The molecular weight excluding hydrogens is 656 g/mol. The van der Waals surface area contributed by atoms with Gasteiger partial charge in [0.05, 0.1) is 19.2 Å². The molecule has 10 nitrogen and oxygen atoms in total. The van der Waals surface area contributed by atoms with Gasteiger partial charge in [-0.25, -0.2) is 4.79 Å². The van der Waals surface area contributed by atoms with Crippen molar-refractivity contribution in [1.82, 2.24) is 20.4 Å². The number of likely N-dealkylation sites (tertiary alicyclic amines) is 1. The molecule has 1 saturated heterocycles. The highest BCUT2D eigenvalue weighted by Gasteiger charge is 2.40. The summed E-state index contributed by atoms with van der Waals surface area (Å²) in [6.07, 6.45) is 5.62. The number of ether oxygens (including phenoxy) is 1. The van der Waals surface area contributed by atoms with Gasteiger partial charge in [0, 0.05) is 36.2 Å². The SMILES string of the molecule is CCC(C)N1CCCC[C@@H]1C(=O)N[C@H](C(=O)N(C)[C@H](/C=C(\C)C(=O)N[C@@H](Cc1ccc(C(=O)c2ccccc2)cc1)C(=O)OC)C(C)C)C(C)(C)C. The molecule has 52 heavy (non-hydrogen) atoms. The molecule has 0 aromatic heterocycles. The van der Waals surface area contributed by atoms with Gasteiger partial charge in [-0.15, -0.1) is 0 Å². The first-order chi connectivity index (χ1) is 24.5. The van der Waals surface area contributed by atoms with Crippen LogP contribution < -0.4 is 10.6 Å². The standard InChI is InChI=1S/C42H60N4O6/c1-11-29(5)46-24-16-15-19-34(46)39(49)44-37(42(6,7)8)40(50)45(9)35(27(2)3)25-28(4)38(48)43-33(41(51)52-10)26-30-20-22-32(23-21-30)36(47)31-17-13-12-14-18-31/h12-14,17-18,20-23,25,27,29,33-35,37H,11,15-16,19,24,26H2,1-10H3,(H,43,48)(H,44,49)/b28-25+/t29?,33-,34+,35+,37+/m0/s1. The molecule has 1 fully saturated rings. The Labute approximate surface area is 310 Å². The van der Waals surface area contributed by atoms with Gasteiger partial charge in [-0.2, -0.15) is 0 Å². The Morgan fingerprint density at radius 2 is 1.56 bits per heavy atom. The van der Waals surface area contributed by atoms with Crippen molar-refractivity contribution in [3.05, 3.63) is 82.9 Å². The van der Waals surface area contributed by atoms with E-state index in [1.54, 1.807) is 61.3 Å². The number of nitrogens with zero attached hydrogens (tertiary/aromatic N) is 2. The molecule has 284 valence electrons. The van der Waals surface area contributed by atoms with Crippen LogP contribution in [0.3, 0.4) is 0 Å². The average molecular weight is 717 g/mol. The van der Waals surface area contributed by atoms with Gasteiger partial charge in [0.25, 0.3) is 0 Å². The summed E-state index contributed by atoms with van der Waals surface area (Å²) in [5, 5.41) is 5.94. The predicted octanol–water partition coefficient (Wildman–Crippen LogP) is 5.73. The molecule has 2 aromatic carbocycles. The second-order valence-corrected chi connectivity index (χ2v) is 15.5. The van der Waals surface area contributed by atoms with E-state index in [-0.39, 0.29) is 42.0 Å². The molecule has 0 aliphatic carbocycles. The van der Waals surface area contributed by atoms with Crippen LogP contribution in [0, 0.1) is 11.3 Å². The van der Waals surface area contributed by atoms with Crippen LogP contribution in [-0.2, 0) is 30.3 Å². The number of carbonyl (C=O) groups is 5. The molecule has 2 aromatic rings. The quantitative estimate of drug-likeness (QED) is 0.137. The molecule has 3 amide bonds. The molecule has 1 unspecified atom stereocenters. The maximum absolute atomic E-state index is 14.2. The van der Waals surface area contributed by atoms with Gasteiger partial charge in [-0.05, 0) is 56.6 Å². The van der Waals surface area contributed by atoms with E-state index in [1.165, 1.54) is 7.11 Å². The Balaban J connectivity index is 1.76. The third-order valence-corrected chi connectivity index (χ3v) is 10.1. The fourth-order valence-corrected chi connectivity index (χ4v) is 6.71. The summed E-state index contributed by atoms with van der Waals surface area (Å²) in [4.78, 5) is 71.0. The van der Waals surface area contributed by atoms with Crippen molar-refractivity contribution >= 4 is 29.5 Å². The van der Waals surface area contributed by atoms with Crippen molar-refractivity contribution in [2.75, 3.05) is 20.7 Å². The number of rotatable bonds is 15. The van der Waals surface area contributed by atoms with Crippen LogP contribution in [0.5, 0.6) is 0 Å². The highest BCUT2D eigenvalue weighted by atomic mass is 16.5. The van der Waals surface area contributed by atoms with E-state index in [4.69, 9.17) is 4.74 Å². The minimum Gasteiger partial charge on any atom is -0.467 e. The molecule has 5 atom stereocenters. The van der Waals surface area contributed by atoms with Crippen molar-refractivity contribution in [3.63, 3.8) is 0 Å². The fourth-order valence-electron chi connectivity index (χ4n) is 6.71. The maximum Gasteiger partial charge on any atom is 0.328 e. The molecule has 2 N–H and O–H groups in total. The number of benzene rings is 2. The van der Waals surface area contributed by atoms with Gasteiger partial charge in [0.15, 0.2) is 5.78 Å². The summed E-state index contributed by atoms with van der Waals surface area (Å²) >= 11 is 0. The molecular formula is C42H60N4O6. The lowest BCUT2D eigenvalue weighted by molar-refractivity contribution is -0.144. The number of esters is 1. The van der Waals surface area contributed by atoms with E-state index in [9.17, 15) is 24.0 Å². The lowest BCUT2D eigenvalue weighted by Crippen LogP contribution is -2.60. The highest BCUT2D eigenvalue weighted by Crippen LogP contribution is 2.26. The minimum absolute atomic E-state index is 0.0687. The predicted molar refractivity (Wildman–Crippen MR) is 205 cm³/mol. The lowest BCUT2D eigenvalue weighted by Gasteiger charge is -2.41. The number of hydrogen-bond donors (Lipinski definition) is 2. The Bertz CT molecular complexity index is 1560. The first kappa shape index (κ1) is 42.1. The van der Waals surface area contributed by atoms with Gasteiger partial charge in [0.2, 0.25) is 17.7 Å². The molecule has 10 heteroatoms. The summed E-state index contributed by atoms with van der Waals surface area (Å²) in [6, 6.07) is 13.7. The summed E-state index contributed by atoms with van der Waals surface area (Å²) in [5.74, 6) is -1.62. The van der Waals surface area contributed by atoms with E-state index in [2.05, 4.69) is 29.4 Å². The number of piperidine rings is 1. The largest absolute Gasteiger partial charge is 0.467 e. The zero-order valence-electron chi connectivity index (χ0n) is 32.8. The van der Waals surface area contributed by atoms with Crippen molar-refractivity contribution < 1.29 is 28.7 Å². The summed E-state index contributed by atoms with van der Waals surface area (Å²) < 4.78 is 5.02. The summed E-state index contributed by atoms with van der Waals surface area (Å²) in [7, 11) is 2.97. The molecule has 0 bridgehead atoms. The van der Waals surface area contributed by atoms with Crippen molar-refractivity contribution in [2.24, 2.45) is 11.3 Å². The Morgan fingerprint density at radius 3 is 2.12 bits per heavy atom. The third-order valence-electron chi connectivity index (χ3n) is 10.1. The number of methoxy groups -OCH3 is 1. The first-order valence-electron chi connectivity index (χ1n) is 18.6. The zero-order valence-corrected chi connectivity index (χ0v) is 32.8. The van der Waals surface area contributed by atoms with Crippen LogP contribution in [0.15, 0.2) is 66.2 Å². The Morgan fingerprint density at radius 1 is 0.942 bits per heavy atom. The first-order valence-corrected chi connectivity index (χ1v) is 18.6. The maximum atomic E-state index is 14.2. The van der Waals surface area contributed by atoms with Crippen molar-refractivity contribution in [2.45, 2.75) is 118 Å². The Kier molecular flexibility index (Phi) is 15.4. The second kappa shape index (κ2) is 19.0. The zero-order chi connectivity index (χ0) is 38.7. The lowest BCUT2D eigenvalue weighted by atomic mass is 9.84. The van der Waals surface area contributed by atoms with Crippen LogP contribution in [0.2, 0.25) is 0 Å². The number of likely N-dealkylation sites (N-methyl/N-ethyl adjacent to an activating group) is 1. The molecule has 1 aliphatic heterocycles. The van der Waals surface area contributed by atoms with E-state index in [0.29, 0.717) is 16.7 Å². The topological polar surface area (TPSA) is 125 Å².